The van der Waals surface area contributed by atoms with Gasteiger partial charge in [0.1, 0.15) is 0 Å². The Bertz CT molecular complexity index is 430. The molecule has 92 valence electrons. The van der Waals surface area contributed by atoms with Gasteiger partial charge in [-0.25, -0.2) is 0 Å². The molecule has 17 heavy (non-hydrogen) atoms. The van der Waals surface area contributed by atoms with Crippen molar-refractivity contribution in [1.82, 2.24) is 0 Å². The summed E-state index contributed by atoms with van der Waals surface area (Å²) in [5, 5.41) is 11.7. The van der Waals surface area contributed by atoms with Gasteiger partial charge in [-0.05, 0) is 24.1 Å². The van der Waals surface area contributed by atoms with Crippen molar-refractivity contribution in [3.8, 4) is 6.07 Å². The van der Waals surface area contributed by atoms with Gasteiger partial charge in [0.2, 0.25) is 0 Å². The molecule has 0 radical (unpaired) electrons. The fourth-order valence-corrected chi connectivity index (χ4v) is 1.32. The highest BCUT2D eigenvalue weighted by atomic mass is 19.4. The molecule has 0 saturated heterocycles. The van der Waals surface area contributed by atoms with Gasteiger partial charge >= 0.3 is 6.18 Å². The third kappa shape index (κ3) is 3.66. The molecule has 0 atom stereocenters. The van der Waals surface area contributed by atoms with Gasteiger partial charge in [-0.3, -0.25) is 0 Å². The summed E-state index contributed by atoms with van der Waals surface area (Å²) in [6, 6.07) is 5.07. The number of nitrogens with one attached hydrogen (secondary N) is 1. The molecule has 0 fully saturated rings. The largest absolute Gasteiger partial charge is 0.417 e. The van der Waals surface area contributed by atoms with Crippen molar-refractivity contribution in [2.24, 2.45) is 5.92 Å². The summed E-state index contributed by atoms with van der Waals surface area (Å²) < 4.78 is 37.5. The number of nitriles is 1. The number of hydrogen-bond donors (Lipinski definition) is 1. The predicted molar refractivity (Wildman–Crippen MR) is 59.5 cm³/mol. The topological polar surface area (TPSA) is 35.8 Å². The molecule has 0 aliphatic carbocycles. The summed E-state index contributed by atoms with van der Waals surface area (Å²) in [5.74, 6) is 0.378. The Hall–Kier alpha value is -1.70. The number of nitrogens with zero attached hydrogens (tertiary/aromatic N) is 1. The quantitative estimate of drug-likeness (QED) is 0.878. The van der Waals surface area contributed by atoms with Crippen LogP contribution in [0.2, 0.25) is 0 Å². The monoisotopic (exact) mass is 242 g/mol. The first-order valence-electron chi connectivity index (χ1n) is 5.20. The lowest BCUT2D eigenvalue weighted by Crippen LogP contribution is -2.11. The summed E-state index contributed by atoms with van der Waals surface area (Å²) in [4.78, 5) is 0. The van der Waals surface area contributed by atoms with Crippen LogP contribution in [-0.4, -0.2) is 6.54 Å². The van der Waals surface area contributed by atoms with Crippen LogP contribution in [0.3, 0.4) is 0 Å². The summed E-state index contributed by atoms with van der Waals surface area (Å²) in [5.41, 5.74) is -0.718. The van der Waals surface area contributed by atoms with Gasteiger partial charge in [-0.1, -0.05) is 13.8 Å². The number of benzene rings is 1. The van der Waals surface area contributed by atoms with Gasteiger partial charge in [0.15, 0.2) is 0 Å². The van der Waals surface area contributed by atoms with Gasteiger partial charge < -0.3 is 5.32 Å². The molecule has 0 aromatic heterocycles. The molecule has 0 aliphatic heterocycles. The van der Waals surface area contributed by atoms with E-state index in [1.807, 2.05) is 13.8 Å². The smallest absolute Gasteiger partial charge is 0.385 e. The minimum atomic E-state index is -4.48. The van der Waals surface area contributed by atoms with Crippen LogP contribution < -0.4 is 5.32 Å². The first-order chi connectivity index (χ1) is 7.84. The normalized spacial score (nSPS) is 11.4. The second-order valence-corrected chi connectivity index (χ2v) is 4.14. The SMILES string of the molecule is CC(C)CNc1ccc(C(F)(F)F)c(C#N)c1. The van der Waals surface area contributed by atoms with E-state index in [1.54, 1.807) is 6.07 Å². The van der Waals surface area contributed by atoms with Crippen LogP contribution in [-0.2, 0) is 6.18 Å². The zero-order chi connectivity index (χ0) is 13.1. The second-order valence-electron chi connectivity index (χ2n) is 4.14. The highest BCUT2D eigenvalue weighted by molar-refractivity contribution is 5.53. The first-order valence-corrected chi connectivity index (χ1v) is 5.20. The van der Waals surface area contributed by atoms with E-state index in [2.05, 4.69) is 5.32 Å². The van der Waals surface area contributed by atoms with E-state index in [0.29, 0.717) is 18.2 Å². The van der Waals surface area contributed by atoms with E-state index in [0.717, 1.165) is 6.07 Å². The van der Waals surface area contributed by atoms with Crippen molar-refractivity contribution < 1.29 is 13.2 Å². The molecule has 0 heterocycles. The summed E-state index contributed by atoms with van der Waals surface area (Å²) in [6.07, 6.45) is -4.48. The van der Waals surface area contributed by atoms with E-state index >= 15 is 0 Å². The molecule has 1 aromatic carbocycles. The number of alkyl halides is 3. The van der Waals surface area contributed by atoms with Gasteiger partial charge in [-0.2, -0.15) is 18.4 Å². The zero-order valence-electron chi connectivity index (χ0n) is 9.60. The molecule has 0 saturated carbocycles. The van der Waals surface area contributed by atoms with Gasteiger partial charge in [-0.15, -0.1) is 0 Å². The van der Waals surface area contributed by atoms with E-state index in [1.165, 1.54) is 12.1 Å². The molecular weight excluding hydrogens is 229 g/mol. The van der Waals surface area contributed by atoms with E-state index < -0.39 is 11.7 Å². The van der Waals surface area contributed by atoms with Crippen molar-refractivity contribution in [2.75, 3.05) is 11.9 Å². The van der Waals surface area contributed by atoms with Crippen LogP contribution in [0.4, 0.5) is 18.9 Å². The average Bonchev–Trinajstić information content (AvgIpc) is 2.24. The maximum atomic E-state index is 12.5. The fourth-order valence-electron chi connectivity index (χ4n) is 1.32. The van der Waals surface area contributed by atoms with E-state index in [4.69, 9.17) is 5.26 Å². The third-order valence-electron chi connectivity index (χ3n) is 2.16. The Morgan fingerprint density at radius 2 is 2.00 bits per heavy atom. The number of anilines is 1. The molecule has 0 bridgehead atoms. The maximum absolute atomic E-state index is 12.5. The van der Waals surface area contributed by atoms with E-state index in [-0.39, 0.29) is 5.56 Å². The molecule has 1 aromatic rings. The molecule has 0 spiro atoms. The lowest BCUT2D eigenvalue weighted by atomic mass is 10.1. The van der Waals surface area contributed by atoms with Crippen LogP contribution in [0.25, 0.3) is 0 Å². The Morgan fingerprint density at radius 1 is 1.35 bits per heavy atom. The summed E-state index contributed by atoms with van der Waals surface area (Å²) >= 11 is 0. The Labute approximate surface area is 98.1 Å². The zero-order valence-corrected chi connectivity index (χ0v) is 9.60. The second kappa shape index (κ2) is 5.09. The lowest BCUT2D eigenvalue weighted by molar-refractivity contribution is -0.137. The predicted octanol–water partition coefficient (Wildman–Crippen LogP) is 3.64. The van der Waals surface area contributed by atoms with Crippen LogP contribution in [0.1, 0.15) is 25.0 Å². The number of halogens is 3. The minimum absolute atomic E-state index is 0.355. The molecule has 1 rings (SSSR count). The molecule has 0 aliphatic rings. The van der Waals surface area contributed by atoms with Gasteiger partial charge in [0.25, 0.3) is 0 Å². The van der Waals surface area contributed by atoms with Crippen molar-refractivity contribution in [1.29, 1.82) is 5.26 Å². The van der Waals surface area contributed by atoms with Gasteiger partial charge in [0.05, 0.1) is 17.2 Å². The third-order valence-corrected chi connectivity index (χ3v) is 2.16. The van der Waals surface area contributed by atoms with Crippen molar-refractivity contribution in [3.05, 3.63) is 29.3 Å². The summed E-state index contributed by atoms with van der Waals surface area (Å²) in [7, 11) is 0. The lowest BCUT2D eigenvalue weighted by Gasteiger charge is -2.12. The number of rotatable bonds is 3. The first kappa shape index (κ1) is 13.4. The Morgan fingerprint density at radius 3 is 2.47 bits per heavy atom. The number of hydrogen-bond acceptors (Lipinski definition) is 2. The van der Waals surface area contributed by atoms with Crippen LogP contribution in [0.5, 0.6) is 0 Å². The Balaban J connectivity index is 2.98. The van der Waals surface area contributed by atoms with Gasteiger partial charge in [0, 0.05) is 12.2 Å². The van der Waals surface area contributed by atoms with E-state index in [9.17, 15) is 13.2 Å². The molecular formula is C12H13F3N2. The molecule has 5 heteroatoms. The van der Waals surface area contributed by atoms with Crippen molar-refractivity contribution >= 4 is 5.69 Å². The average molecular weight is 242 g/mol. The highest BCUT2D eigenvalue weighted by Gasteiger charge is 2.33. The van der Waals surface area contributed by atoms with Crippen molar-refractivity contribution in [2.45, 2.75) is 20.0 Å². The Kier molecular flexibility index (Phi) is 4.00. The summed E-state index contributed by atoms with van der Waals surface area (Å²) in [6.45, 7) is 4.63. The molecule has 0 unspecified atom stereocenters. The molecule has 2 nitrogen and oxygen atoms in total. The van der Waals surface area contributed by atoms with Crippen molar-refractivity contribution in [3.63, 3.8) is 0 Å². The van der Waals surface area contributed by atoms with Crippen LogP contribution >= 0.6 is 0 Å². The van der Waals surface area contributed by atoms with Crippen LogP contribution in [0, 0.1) is 17.2 Å². The fraction of sp³-hybridized carbons (Fsp3) is 0.417. The molecule has 1 N–H and O–H groups in total. The maximum Gasteiger partial charge on any atom is 0.417 e. The molecule has 0 amide bonds. The van der Waals surface area contributed by atoms with Crippen LogP contribution in [0.15, 0.2) is 18.2 Å². The minimum Gasteiger partial charge on any atom is -0.385 e. The highest BCUT2D eigenvalue weighted by Crippen LogP contribution is 2.32. The standard InChI is InChI=1S/C12H13F3N2/c1-8(2)7-17-10-3-4-11(12(13,14)15)9(5-10)6-16/h3-5,8,17H,7H2,1-2H3.